The molecule has 5 rings (SSSR count). The van der Waals surface area contributed by atoms with Gasteiger partial charge in [-0.15, -0.1) is 0 Å². The van der Waals surface area contributed by atoms with E-state index in [1.807, 2.05) is 32.2 Å². The third kappa shape index (κ3) is 6.73. The molecular formula is C30H41N9O6. The Kier molecular flexibility index (Phi) is 10.3. The number of amides is 2. The van der Waals surface area contributed by atoms with Gasteiger partial charge in [0.2, 0.25) is 5.78 Å². The summed E-state index contributed by atoms with van der Waals surface area (Å²) in [5.41, 5.74) is 6.18. The van der Waals surface area contributed by atoms with Crippen LogP contribution in [0.25, 0.3) is 11.4 Å². The molecule has 0 saturated heterocycles. The van der Waals surface area contributed by atoms with E-state index in [4.69, 9.17) is 14.4 Å². The number of ketones is 1. The van der Waals surface area contributed by atoms with E-state index in [0.717, 1.165) is 58.8 Å². The minimum absolute atomic E-state index is 0.0599. The van der Waals surface area contributed by atoms with Crippen LogP contribution in [0.1, 0.15) is 67.4 Å². The highest BCUT2D eigenvalue weighted by Crippen LogP contribution is 2.33. The molecule has 15 nitrogen and oxygen atoms in total. The third-order valence-electron chi connectivity index (χ3n) is 7.73. The van der Waals surface area contributed by atoms with Crippen LogP contribution in [0.2, 0.25) is 0 Å². The lowest BCUT2D eigenvalue weighted by atomic mass is 10.1. The van der Waals surface area contributed by atoms with Crippen molar-refractivity contribution in [3.8, 4) is 17.4 Å². The van der Waals surface area contributed by atoms with Crippen molar-refractivity contribution in [2.24, 2.45) is 14.1 Å². The molecule has 242 valence electrons. The van der Waals surface area contributed by atoms with E-state index in [9.17, 15) is 14.4 Å². The molecule has 0 bridgehead atoms. The van der Waals surface area contributed by atoms with Crippen molar-refractivity contribution < 1.29 is 28.8 Å². The van der Waals surface area contributed by atoms with Crippen LogP contribution in [0.3, 0.4) is 0 Å². The summed E-state index contributed by atoms with van der Waals surface area (Å²) in [5, 5.41) is 10.9. The number of Topliss-reactive ketones (excluding diaryl/α,β-unsaturated/α-hetero) is 1. The van der Waals surface area contributed by atoms with Gasteiger partial charge in [-0.2, -0.15) is 15.2 Å². The molecule has 2 aliphatic carbocycles. The van der Waals surface area contributed by atoms with E-state index in [0.29, 0.717) is 41.5 Å². The number of hydrogen-bond acceptors (Lipinski definition) is 11. The number of allylic oxidation sites excluding steroid dienone is 1. The van der Waals surface area contributed by atoms with Gasteiger partial charge in [-0.3, -0.25) is 33.4 Å². The predicted molar refractivity (Wildman–Crippen MR) is 163 cm³/mol. The molecule has 0 aliphatic heterocycles. The summed E-state index contributed by atoms with van der Waals surface area (Å²) in [7, 11) is 14.8. The van der Waals surface area contributed by atoms with Crippen molar-refractivity contribution >= 4 is 17.6 Å². The summed E-state index contributed by atoms with van der Waals surface area (Å²) in [6, 6.07) is 0.305. The zero-order chi connectivity index (χ0) is 33.0. The number of aryl methyl sites for hydroxylation is 3. The summed E-state index contributed by atoms with van der Waals surface area (Å²) >= 11 is 0. The van der Waals surface area contributed by atoms with Gasteiger partial charge in [0.1, 0.15) is 5.69 Å². The van der Waals surface area contributed by atoms with Gasteiger partial charge in [0.25, 0.3) is 11.8 Å². The molecular weight excluding hydrogens is 582 g/mol. The first-order chi connectivity index (χ1) is 21.4. The first kappa shape index (κ1) is 33.3. The summed E-state index contributed by atoms with van der Waals surface area (Å²) < 4.78 is 8.34. The number of methoxy groups -OCH3 is 1. The number of rotatable bonds is 6. The zero-order valence-corrected chi connectivity index (χ0v) is 27.4. The molecule has 0 aromatic carbocycles. The van der Waals surface area contributed by atoms with Crippen LogP contribution in [0.5, 0.6) is 6.01 Å². The second kappa shape index (κ2) is 14.0. The van der Waals surface area contributed by atoms with Gasteiger partial charge in [-0.25, -0.2) is 15.1 Å². The van der Waals surface area contributed by atoms with Gasteiger partial charge < -0.3 is 9.64 Å². The monoisotopic (exact) mass is 623 g/mol. The van der Waals surface area contributed by atoms with Crippen molar-refractivity contribution in [1.29, 1.82) is 0 Å². The van der Waals surface area contributed by atoms with Gasteiger partial charge in [0.15, 0.2) is 11.4 Å². The molecule has 0 N–H and O–H groups in total. The molecule has 3 aromatic heterocycles. The maximum atomic E-state index is 12.8. The number of aromatic nitrogens is 6. The number of fused-ring (bicyclic) bond motifs is 4. The Labute approximate surface area is 262 Å². The molecule has 45 heavy (non-hydrogen) atoms. The lowest BCUT2D eigenvalue weighted by molar-refractivity contribution is -0.0761. The molecule has 2 aliphatic rings. The molecule has 0 saturated carbocycles. The van der Waals surface area contributed by atoms with E-state index in [2.05, 4.69) is 20.2 Å². The van der Waals surface area contributed by atoms with E-state index >= 15 is 0 Å². The van der Waals surface area contributed by atoms with E-state index in [-0.39, 0.29) is 17.6 Å². The number of ether oxygens (including phenoxy) is 1. The van der Waals surface area contributed by atoms with Gasteiger partial charge in [-0.05, 0) is 44.1 Å². The lowest BCUT2D eigenvalue weighted by Gasteiger charge is -2.12. The van der Waals surface area contributed by atoms with E-state index < -0.39 is 0 Å². The fourth-order valence-electron chi connectivity index (χ4n) is 5.49. The zero-order valence-electron chi connectivity index (χ0n) is 27.4. The predicted octanol–water partition coefficient (Wildman–Crippen LogP) is 2.03. The molecule has 0 spiro atoms. The molecule has 0 atom stereocenters. The lowest BCUT2D eigenvalue weighted by Crippen LogP contribution is -2.26. The first-order valence-corrected chi connectivity index (χ1v) is 14.5. The maximum absolute atomic E-state index is 12.8. The maximum Gasteiger partial charge on any atom is 0.316 e. The Morgan fingerprint density at radius 1 is 0.822 bits per heavy atom. The van der Waals surface area contributed by atoms with Crippen LogP contribution in [0.15, 0.2) is 18.0 Å². The van der Waals surface area contributed by atoms with Crippen molar-refractivity contribution in [2.45, 2.75) is 38.5 Å². The Morgan fingerprint density at radius 2 is 1.36 bits per heavy atom. The Bertz CT molecular complexity index is 1620. The Morgan fingerprint density at radius 3 is 1.89 bits per heavy atom. The van der Waals surface area contributed by atoms with Crippen LogP contribution in [0.4, 0.5) is 0 Å². The molecule has 3 aromatic rings. The SMILES string of the molecule is CON(C)C(=O)c1nn(C)c2c1CCC/C(=C\N(C)C)C2=O.COc1ncc2c(n1)-c1c(c(C(=O)N(C)OC)nn1C)CCC2. The average Bonchev–Trinajstić information content (AvgIpc) is 3.38. The van der Waals surface area contributed by atoms with E-state index in [1.54, 1.807) is 25.0 Å². The quantitative estimate of drug-likeness (QED) is 0.225. The Hall–Kier alpha value is -4.63. The smallest absolute Gasteiger partial charge is 0.316 e. The fourth-order valence-corrected chi connectivity index (χ4v) is 5.49. The molecule has 0 unspecified atom stereocenters. The third-order valence-corrected chi connectivity index (χ3v) is 7.73. The topological polar surface area (TPSA) is 150 Å². The van der Waals surface area contributed by atoms with Crippen LogP contribution in [-0.2, 0) is 43.0 Å². The summed E-state index contributed by atoms with van der Waals surface area (Å²) in [6.07, 6.45) is 8.28. The van der Waals surface area contributed by atoms with Crippen LogP contribution in [0, 0.1) is 0 Å². The highest BCUT2D eigenvalue weighted by atomic mass is 16.7. The number of hydrogen-bond donors (Lipinski definition) is 0. The van der Waals surface area contributed by atoms with Crippen molar-refractivity contribution in [3.05, 3.63) is 51.7 Å². The highest BCUT2D eigenvalue weighted by molar-refractivity contribution is 6.10. The van der Waals surface area contributed by atoms with E-state index in [1.165, 1.54) is 38.1 Å². The molecule has 2 amide bonds. The second-order valence-electron chi connectivity index (χ2n) is 11.0. The van der Waals surface area contributed by atoms with Gasteiger partial charge in [0.05, 0.1) is 32.7 Å². The Balaban J connectivity index is 0.000000205. The van der Waals surface area contributed by atoms with Crippen molar-refractivity contribution in [1.82, 2.24) is 44.6 Å². The minimum Gasteiger partial charge on any atom is -0.467 e. The first-order valence-electron chi connectivity index (χ1n) is 14.5. The molecule has 0 fully saturated rings. The number of carbonyl (C=O) groups excluding carboxylic acids is 3. The molecule has 3 heterocycles. The normalized spacial score (nSPS) is 14.7. The van der Waals surface area contributed by atoms with Crippen LogP contribution in [-0.4, -0.2) is 112 Å². The highest BCUT2D eigenvalue weighted by Gasteiger charge is 2.31. The van der Waals surface area contributed by atoms with Crippen molar-refractivity contribution in [3.63, 3.8) is 0 Å². The largest absolute Gasteiger partial charge is 0.467 e. The average molecular weight is 624 g/mol. The number of hydroxylamine groups is 4. The van der Waals surface area contributed by atoms with Crippen molar-refractivity contribution in [2.75, 3.05) is 49.5 Å². The van der Waals surface area contributed by atoms with Gasteiger partial charge in [0, 0.05) is 71.4 Å². The minimum atomic E-state index is -0.341. The standard InChI is InChI=1S/C15H19N5O3.C15H22N4O3/c1-19-13-10(12(18-19)14(21)20(2)23-4)7-5-6-9-8-16-15(22-3)17-11(9)13;1-17(2)9-10-7-6-8-11-12(15(21)19(4)22-5)16-18(3)13(11)14(10)20/h8H,5-7H2,1-4H3;9H,6-8H2,1-5H3/b;10-9+. The van der Waals surface area contributed by atoms with Crippen LogP contribution >= 0.6 is 0 Å². The summed E-state index contributed by atoms with van der Waals surface area (Å²) in [5.74, 6) is -0.670. The van der Waals surface area contributed by atoms with Gasteiger partial charge >= 0.3 is 6.01 Å². The molecule has 15 heteroatoms. The fraction of sp³-hybridized carbons (Fsp3) is 0.500. The van der Waals surface area contributed by atoms with Gasteiger partial charge in [-0.1, -0.05) is 0 Å². The summed E-state index contributed by atoms with van der Waals surface area (Å²) in [4.78, 5) is 58.0. The van der Waals surface area contributed by atoms with Crippen LogP contribution < -0.4 is 4.74 Å². The second-order valence-corrected chi connectivity index (χ2v) is 11.0. The summed E-state index contributed by atoms with van der Waals surface area (Å²) in [6.45, 7) is 0. The molecule has 0 radical (unpaired) electrons. The number of carbonyl (C=O) groups is 3. The number of nitrogens with zero attached hydrogens (tertiary/aromatic N) is 9.